The van der Waals surface area contributed by atoms with Crippen LogP contribution in [0.5, 0.6) is 5.75 Å². The molecule has 0 atom stereocenters. The van der Waals surface area contributed by atoms with Crippen molar-refractivity contribution in [1.29, 1.82) is 0 Å². The number of aromatic nitrogens is 1. The van der Waals surface area contributed by atoms with E-state index in [0.717, 1.165) is 25.3 Å². The monoisotopic (exact) mass is 320 g/mol. The quantitative estimate of drug-likeness (QED) is 0.622. The predicted molar refractivity (Wildman–Crippen MR) is 99.1 cm³/mol. The summed E-state index contributed by atoms with van der Waals surface area (Å²) in [6.07, 6.45) is 5.94. The van der Waals surface area contributed by atoms with Crippen molar-refractivity contribution in [3.63, 3.8) is 0 Å². The second-order valence-electron chi connectivity index (χ2n) is 6.49. The minimum Gasteiger partial charge on any atom is -0.494 e. The van der Waals surface area contributed by atoms with E-state index in [0.29, 0.717) is 0 Å². The molecule has 0 unspecified atom stereocenters. The maximum Gasteiger partial charge on any atom is 0.119 e. The van der Waals surface area contributed by atoms with Crippen molar-refractivity contribution in [2.45, 2.75) is 19.3 Å². The minimum absolute atomic E-state index is 0.794. The lowest BCUT2D eigenvalue weighted by Crippen LogP contribution is -2.21. The smallest absolute Gasteiger partial charge is 0.119 e. The van der Waals surface area contributed by atoms with Gasteiger partial charge >= 0.3 is 0 Å². The molecule has 4 rings (SSSR count). The number of ether oxygens (including phenoxy) is 1. The van der Waals surface area contributed by atoms with E-state index in [1.165, 1.54) is 42.5 Å². The van der Waals surface area contributed by atoms with Gasteiger partial charge in [0.15, 0.2) is 0 Å². The number of hydrogen-bond acceptors (Lipinski definition) is 2. The molecule has 0 bridgehead atoms. The molecule has 24 heavy (non-hydrogen) atoms. The van der Waals surface area contributed by atoms with Gasteiger partial charge in [-0.05, 0) is 74.1 Å². The third-order valence-corrected chi connectivity index (χ3v) is 4.80. The number of benzene rings is 2. The van der Waals surface area contributed by atoms with Gasteiger partial charge in [0.05, 0.1) is 12.1 Å². The Morgan fingerprint density at radius 1 is 0.875 bits per heavy atom. The highest BCUT2D eigenvalue weighted by molar-refractivity contribution is 5.81. The first kappa shape index (κ1) is 15.3. The van der Waals surface area contributed by atoms with E-state index in [1.54, 1.807) is 0 Å². The summed E-state index contributed by atoms with van der Waals surface area (Å²) in [6, 6.07) is 19.0. The van der Waals surface area contributed by atoms with Crippen LogP contribution in [0.2, 0.25) is 0 Å². The standard InChI is InChI=1S/C21H24N2O/c1-2-7-21-18(6-1)12-16-23(21)19-8-10-20(11-9-19)24-17-5-15-22-13-3-4-14-22/h1-2,6-12,16H,3-5,13-15,17H2. The van der Waals surface area contributed by atoms with Gasteiger partial charge < -0.3 is 14.2 Å². The lowest BCUT2D eigenvalue weighted by Gasteiger charge is -2.14. The van der Waals surface area contributed by atoms with Crippen molar-refractivity contribution in [3.05, 3.63) is 60.8 Å². The van der Waals surface area contributed by atoms with Gasteiger partial charge in [-0.15, -0.1) is 0 Å². The van der Waals surface area contributed by atoms with E-state index in [4.69, 9.17) is 4.74 Å². The molecule has 0 N–H and O–H groups in total. The molecule has 1 aromatic heterocycles. The molecule has 3 nitrogen and oxygen atoms in total. The molecule has 3 heteroatoms. The minimum atomic E-state index is 0.794. The van der Waals surface area contributed by atoms with E-state index in [2.05, 4.69) is 70.3 Å². The number of likely N-dealkylation sites (tertiary alicyclic amines) is 1. The van der Waals surface area contributed by atoms with Crippen LogP contribution in [0.15, 0.2) is 60.8 Å². The van der Waals surface area contributed by atoms with Gasteiger partial charge in [-0.3, -0.25) is 0 Å². The van der Waals surface area contributed by atoms with Gasteiger partial charge in [0, 0.05) is 18.4 Å². The number of nitrogens with zero attached hydrogens (tertiary/aromatic N) is 2. The Morgan fingerprint density at radius 2 is 1.67 bits per heavy atom. The number of rotatable bonds is 6. The Kier molecular flexibility index (Phi) is 4.52. The topological polar surface area (TPSA) is 17.4 Å². The Morgan fingerprint density at radius 3 is 2.50 bits per heavy atom. The zero-order chi connectivity index (χ0) is 16.2. The first-order chi connectivity index (χ1) is 11.9. The summed E-state index contributed by atoms with van der Waals surface area (Å²) in [7, 11) is 0. The van der Waals surface area contributed by atoms with E-state index < -0.39 is 0 Å². The molecule has 0 amide bonds. The van der Waals surface area contributed by atoms with E-state index >= 15 is 0 Å². The van der Waals surface area contributed by atoms with Gasteiger partial charge in [-0.25, -0.2) is 0 Å². The van der Waals surface area contributed by atoms with Crippen LogP contribution in [0.4, 0.5) is 0 Å². The van der Waals surface area contributed by atoms with Crippen molar-refractivity contribution < 1.29 is 4.74 Å². The van der Waals surface area contributed by atoms with Gasteiger partial charge in [0.2, 0.25) is 0 Å². The Hall–Kier alpha value is -2.26. The molecule has 1 saturated heterocycles. The van der Waals surface area contributed by atoms with Crippen molar-refractivity contribution in [2.75, 3.05) is 26.2 Å². The molecule has 1 aliphatic rings. The van der Waals surface area contributed by atoms with Crippen LogP contribution in [0.1, 0.15) is 19.3 Å². The van der Waals surface area contributed by atoms with Gasteiger partial charge in [0.25, 0.3) is 0 Å². The molecule has 124 valence electrons. The van der Waals surface area contributed by atoms with Crippen LogP contribution < -0.4 is 4.74 Å². The summed E-state index contributed by atoms with van der Waals surface area (Å²) in [4.78, 5) is 2.53. The molecule has 0 spiro atoms. The summed E-state index contributed by atoms with van der Waals surface area (Å²) < 4.78 is 8.10. The molecule has 1 aliphatic heterocycles. The summed E-state index contributed by atoms with van der Waals surface area (Å²) >= 11 is 0. The summed E-state index contributed by atoms with van der Waals surface area (Å²) in [6.45, 7) is 4.48. The normalized spacial score (nSPS) is 15.2. The fourth-order valence-electron chi connectivity index (χ4n) is 3.50. The Bertz CT molecular complexity index is 785. The molecule has 2 heterocycles. The van der Waals surface area contributed by atoms with Crippen molar-refractivity contribution in [3.8, 4) is 11.4 Å². The summed E-state index contributed by atoms with van der Waals surface area (Å²) in [5.74, 6) is 0.955. The molecular formula is C21H24N2O. The third kappa shape index (κ3) is 3.31. The molecule has 0 radical (unpaired) electrons. The molecule has 0 aliphatic carbocycles. The van der Waals surface area contributed by atoms with E-state index in [-0.39, 0.29) is 0 Å². The third-order valence-electron chi connectivity index (χ3n) is 4.80. The maximum absolute atomic E-state index is 5.89. The zero-order valence-corrected chi connectivity index (χ0v) is 14.0. The van der Waals surface area contributed by atoms with Crippen LogP contribution in [-0.2, 0) is 0 Å². The highest BCUT2D eigenvalue weighted by Gasteiger charge is 2.10. The van der Waals surface area contributed by atoms with Crippen LogP contribution in [0.25, 0.3) is 16.6 Å². The molecule has 0 saturated carbocycles. The average Bonchev–Trinajstić information content (AvgIpc) is 3.29. The number of fused-ring (bicyclic) bond motifs is 1. The lowest BCUT2D eigenvalue weighted by atomic mass is 10.2. The van der Waals surface area contributed by atoms with Crippen molar-refractivity contribution in [2.24, 2.45) is 0 Å². The Balaban J connectivity index is 1.36. The summed E-state index contributed by atoms with van der Waals surface area (Å²) in [5.41, 5.74) is 2.40. The van der Waals surface area contributed by atoms with E-state index in [9.17, 15) is 0 Å². The van der Waals surface area contributed by atoms with Crippen LogP contribution in [-0.4, -0.2) is 35.7 Å². The molecule has 2 aromatic carbocycles. The molecular weight excluding hydrogens is 296 g/mol. The highest BCUT2D eigenvalue weighted by Crippen LogP contribution is 2.22. The Labute approximate surface area is 143 Å². The predicted octanol–water partition coefficient (Wildman–Crippen LogP) is 4.50. The largest absolute Gasteiger partial charge is 0.494 e. The first-order valence-corrected chi connectivity index (χ1v) is 8.92. The second-order valence-corrected chi connectivity index (χ2v) is 6.49. The SMILES string of the molecule is c1ccc2c(c1)ccn2-c1ccc(OCCCN2CCCC2)cc1. The molecule has 1 fully saturated rings. The van der Waals surface area contributed by atoms with E-state index in [1.807, 2.05) is 0 Å². The van der Waals surface area contributed by atoms with Gasteiger partial charge in [-0.2, -0.15) is 0 Å². The maximum atomic E-state index is 5.89. The molecule has 3 aromatic rings. The number of hydrogen-bond donors (Lipinski definition) is 0. The van der Waals surface area contributed by atoms with Crippen LogP contribution in [0, 0.1) is 0 Å². The number of para-hydroxylation sites is 1. The fourth-order valence-corrected chi connectivity index (χ4v) is 3.50. The van der Waals surface area contributed by atoms with Crippen molar-refractivity contribution >= 4 is 10.9 Å². The summed E-state index contributed by atoms with van der Waals surface area (Å²) in [5, 5.41) is 1.26. The van der Waals surface area contributed by atoms with Crippen LogP contribution in [0.3, 0.4) is 0 Å². The van der Waals surface area contributed by atoms with Crippen molar-refractivity contribution in [1.82, 2.24) is 9.47 Å². The van der Waals surface area contributed by atoms with Gasteiger partial charge in [-0.1, -0.05) is 18.2 Å². The lowest BCUT2D eigenvalue weighted by molar-refractivity contribution is 0.263. The van der Waals surface area contributed by atoms with Crippen LogP contribution >= 0.6 is 0 Å². The average molecular weight is 320 g/mol. The second kappa shape index (κ2) is 7.10. The zero-order valence-electron chi connectivity index (χ0n) is 14.0. The fraction of sp³-hybridized carbons (Fsp3) is 0.333. The highest BCUT2D eigenvalue weighted by atomic mass is 16.5. The first-order valence-electron chi connectivity index (χ1n) is 8.92. The van der Waals surface area contributed by atoms with Gasteiger partial charge in [0.1, 0.15) is 5.75 Å².